The van der Waals surface area contributed by atoms with Crippen molar-refractivity contribution in [3.8, 4) is 0 Å². The Bertz CT molecular complexity index is 1340. The van der Waals surface area contributed by atoms with E-state index in [0.717, 1.165) is 51.4 Å². The predicted octanol–water partition coefficient (Wildman–Crippen LogP) is 24.7. The third kappa shape index (κ3) is 69.1. The number of hydrogen-bond acceptors (Lipinski definition) is 5. The summed E-state index contributed by atoms with van der Waals surface area (Å²) in [6.07, 6.45) is 93.7. The first kappa shape index (κ1) is 81.1. The lowest BCUT2D eigenvalue weighted by Crippen LogP contribution is -2.45. The Kier molecular flexibility index (Phi) is 70.9. The van der Waals surface area contributed by atoms with Gasteiger partial charge in [0.1, 0.15) is 0 Å². The largest absolute Gasteiger partial charge is 0.466 e. The number of carbonyl (C=O) groups excluding carboxylic acids is 2. The maximum atomic E-state index is 12.5. The topological polar surface area (TPSA) is 95.9 Å². The van der Waals surface area contributed by atoms with Crippen LogP contribution in [0.5, 0.6) is 0 Å². The Hall–Kier alpha value is -1.92. The average Bonchev–Trinajstić information content (AvgIpc) is 3.49. The summed E-state index contributed by atoms with van der Waals surface area (Å²) in [5.74, 6) is -0.0177. The first-order valence-corrected chi connectivity index (χ1v) is 37.7. The van der Waals surface area contributed by atoms with Gasteiger partial charge < -0.3 is 20.3 Å². The van der Waals surface area contributed by atoms with E-state index >= 15 is 0 Å². The second-order valence-electron chi connectivity index (χ2n) is 26.0. The fraction of sp³-hybridized carbons (Fsp3) is 0.896. The summed E-state index contributed by atoms with van der Waals surface area (Å²) in [6, 6.07) is -0.538. The lowest BCUT2D eigenvalue weighted by Gasteiger charge is -2.22. The van der Waals surface area contributed by atoms with Crippen molar-refractivity contribution < 1.29 is 24.5 Å². The van der Waals surface area contributed by atoms with Gasteiger partial charge in [0.25, 0.3) is 0 Å². The SMILES string of the molecule is CCCCCCC/C=C\CCCCCCCC(=O)OCCCCCCCCCCCCCCCCC/C=C\C/C=C\CCCCCCCCCCCCCCCCCCCC(=O)NC(CO)C(O)CCCCCCCCCCCCCCC. The molecule has 0 bridgehead atoms. The highest BCUT2D eigenvalue weighted by molar-refractivity contribution is 5.76. The summed E-state index contributed by atoms with van der Waals surface area (Å²) < 4.78 is 5.49. The fourth-order valence-corrected chi connectivity index (χ4v) is 11.9. The number of hydrogen-bond donors (Lipinski definition) is 3. The summed E-state index contributed by atoms with van der Waals surface area (Å²) in [5.41, 5.74) is 0. The number of allylic oxidation sites excluding steroid dienone is 6. The van der Waals surface area contributed by atoms with Crippen LogP contribution in [-0.4, -0.2) is 47.4 Å². The van der Waals surface area contributed by atoms with E-state index < -0.39 is 12.1 Å². The molecule has 0 rings (SSSR count). The van der Waals surface area contributed by atoms with Crippen molar-refractivity contribution in [2.45, 2.75) is 431 Å². The Morgan fingerprint density at radius 1 is 0.337 bits per heavy atom. The van der Waals surface area contributed by atoms with Gasteiger partial charge in [-0.1, -0.05) is 359 Å². The van der Waals surface area contributed by atoms with Crippen LogP contribution in [0.1, 0.15) is 418 Å². The van der Waals surface area contributed by atoms with Crippen LogP contribution in [0.2, 0.25) is 0 Å². The van der Waals surface area contributed by atoms with Crippen molar-refractivity contribution in [1.82, 2.24) is 5.32 Å². The molecule has 0 saturated carbocycles. The minimum absolute atomic E-state index is 0.0121. The molecule has 0 fully saturated rings. The number of carbonyl (C=O) groups is 2. The van der Waals surface area contributed by atoms with Gasteiger partial charge in [-0.05, 0) is 83.5 Å². The zero-order chi connectivity index (χ0) is 59.9. The summed E-state index contributed by atoms with van der Waals surface area (Å²) in [5, 5.41) is 23.3. The number of amides is 1. The van der Waals surface area contributed by atoms with Gasteiger partial charge in [-0.25, -0.2) is 0 Å². The fourth-order valence-electron chi connectivity index (χ4n) is 11.9. The highest BCUT2D eigenvalue weighted by Gasteiger charge is 2.20. The van der Waals surface area contributed by atoms with Gasteiger partial charge in [-0.3, -0.25) is 9.59 Å². The van der Waals surface area contributed by atoms with Crippen LogP contribution in [0.15, 0.2) is 36.5 Å². The number of nitrogens with one attached hydrogen (secondary N) is 1. The quantitative estimate of drug-likeness (QED) is 0.0320. The Labute approximate surface area is 519 Å². The van der Waals surface area contributed by atoms with E-state index in [-0.39, 0.29) is 18.5 Å². The summed E-state index contributed by atoms with van der Waals surface area (Å²) in [6.45, 7) is 4.97. The standard InChI is InChI=1S/C77H147NO5/c1-3-5-7-9-11-13-15-17-47-51-55-59-63-67-71-77(82)83-72-68-64-60-56-52-48-44-42-40-38-36-34-32-30-28-26-24-22-20-18-19-21-23-25-27-29-31-33-35-37-39-41-43-46-50-54-58-62-66-70-76(81)78-74(73-79)75(80)69-65-61-57-53-49-45-16-14-12-10-8-6-4-2/h15,17-19,22,24,74-75,79-80H,3-14,16,20-21,23,25-73H2,1-2H3,(H,78,81)/b17-15-,19-18-,24-22-. The number of unbranched alkanes of at least 4 members (excludes halogenated alkanes) is 54. The molecule has 0 radical (unpaired) electrons. The van der Waals surface area contributed by atoms with E-state index in [1.54, 1.807) is 0 Å². The lowest BCUT2D eigenvalue weighted by molar-refractivity contribution is -0.143. The molecule has 3 N–H and O–H groups in total. The van der Waals surface area contributed by atoms with Crippen LogP contribution >= 0.6 is 0 Å². The molecular formula is C77H147NO5. The van der Waals surface area contributed by atoms with Gasteiger partial charge in [0.2, 0.25) is 5.91 Å². The van der Waals surface area contributed by atoms with Gasteiger partial charge in [0, 0.05) is 12.8 Å². The van der Waals surface area contributed by atoms with Crippen molar-refractivity contribution >= 4 is 11.9 Å². The number of aliphatic hydroxyl groups excluding tert-OH is 2. The van der Waals surface area contributed by atoms with E-state index in [4.69, 9.17) is 4.74 Å². The molecule has 0 aliphatic heterocycles. The highest BCUT2D eigenvalue weighted by Crippen LogP contribution is 2.19. The zero-order valence-electron chi connectivity index (χ0n) is 56.2. The van der Waals surface area contributed by atoms with E-state index in [1.807, 2.05) is 0 Å². The first-order chi connectivity index (χ1) is 41.0. The molecule has 1 amide bonds. The molecule has 0 saturated heterocycles. The molecular weight excluding hydrogens is 1020 g/mol. The van der Waals surface area contributed by atoms with E-state index in [0.29, 0.717) is 25.9 Å². The molecule has 6 nitrogen and oxygen atoms in total. The van der Waals surface area contributed by atoms with E-state index in [2.05, 4.69) is 55.6 Å². The van der Waals surface area contributed by atoms with Crippen molar-refractivity contribution in [3.63, 3.8) is 0 Å². The van der Waals surface area contributed by atoms with Crippen molar-refractivity contribution in [3.05, 3.63) is 36.5 Å². The van der Waals surface area contributed by atoms with Crippen molar-refractivity contribution in [2.75, 3.05) is 13.2 Å². The average molecular weight is 1170 g/mol. The summed E-state index contributed by atoms with van der Waals surface area (Å²) >= 11 is 0. The third-order valence-electron chi connectivity index (χ3n) is 17.7. The molecule has 490 valence electrons. The van der Waals surface area contributed by atoms with Crippen LogP contribution in [0.3, 0.4) is 0 Å². The monoisotopic (exact) mass is 1170 g/mol. The first-order valence-electron chi connectivity index (χ1n) is 37.7. The maximum absolute atomic E-state index is 12.5. The number of ether oxygens (including phenoxy) is 1. The minimum Gasteiger partial charge on any atom is -0.466 e. The molecule has 0 aromatic rings. The number of aliphatic hydroxyl groups is 2. The zero-order valence-corrected chi connectivity index (χ0v) is 56.2. The van der Waals surface area contributed by atoms with Crippen LogP contribution < -0.4 is 5.32 Å². The second kappa shape index (κ2) is 72.6. The molecule has 0 heterocycles. The molecule has 83 heavy (non-hydrogen) atoms. The van der Waals surface area contributed by atoms with Crippen LogP contribution in [0.25, 0.3) is 0 Å². The third-order valence-corrected chi connectivity index (χ3v) is 17.7. The molecule has 2 unspecified atom stereocenters. The Morgan fingerprint density at radius 3 is 0.928 bits per heavy atom. The van der Waals surface area contributed by atoms with Crippen molar-refractivity contribution in [1.29, 1.82) is 0 Å². The molecule has 0 spiro atoms. The lowest BCUT2D eigenvalue weighted by atomic mass is 10.0. The van der Waals surface area contributed by atoms with E-state index in [9.17, 15) is 19.8 Å². The number of rotatable bonds is 71. The van der Waals surface area contributed by atoms with Gasteiger partial charge >= 0.3 is 5.97 Å². The molecule has 0 aliphatic rings. The smallest absolute Gasteiger partial charge is 0.305 e. The normalized spacial score (nSPS) is 12.7. The minimum atomic E-state index is -0.661. The van der Waals surface area contributed by atoms with Gasteiger partial charge in [-0.15, -0.1) is 0 Å². The molecule has 0 aliphatic carbocycles. The number of esters is 1. The Balaban J connectivity index is 3.34. The van der Waals surface area contributed by atoms with Gasteiger partial charge in [0.05, 0.1) is 25.4 Å². The van der Waals surface area contributed by atoms with Crippen LogP contribution in [0, 0.1) is 0 Å². The van der Waals surface area contributed by atoms with Crippen LogP contribution in [0.4, 0.5) is 0 Å². The van der Waals surface area contributed by atoms with Crippen molar-refractivity contribution in [2.24, 2.45) is 0 Å². The Morgan fingerprint density at radius 2 is 0.602 bits per heavy atom. The van der Waals surface area contributed by atoms with Gasteiger partial charge in [0.15, 0.2) is 0 Å². The molecule has 0 aromatic carbocycles. The van der Waals surface area contributed by atoms with E-state index in [1.165, 1.54) is 334 Å². The predicted molar refractivity (Wildman–Crippen MR) is 366 cm³/mol. The molecule has 0 aromatic heterocycles. The maximum Gasteiger partial charge on any atom is 0.305 e. The summed E-state index contributed by atoms with van der Waals surface area (Å²) in [7, 11) is 0. The van der Waals surface area contributed by atoms with Gasteiger partial charge in [-0.2, -0.15) is 0 Å². The molecule has 2 atom stereocenters. The highest BCUT2D eigenvalue weighted by atomic mass is 16.5. The molecule has 6 heteroatoms. The second-order valence-corrected chi connectivity index (χ2v) is 26.0. The summed E-state index contributed by atoms with van der Waals surface area (Å²) in [4.78, 5) is 24.6. The van der Waals surface area contributed by atoms with Crippen LogP contribution in [-0.2, 0) is 14.3 Å².